The zero-order valence-electron chi connectivity index (χ0n) is 11.6. The number of nitrogens with zero attached hydrogens (tertiary/aromatic N) is 1. The normalized spacial score (nSPS) is 18.6. The minimum Gasteiger partial charge on any atom is -0.317 e. The van der Waals surface area contributed by atoms with Crippen molar-refractivity contribution < 1.29 is 8.42 Å². The lowest BCUT2D eigenvalue weighted by Crippen LogP contribution is -2.44. The fourth-order valence-corrected chi connectivity index (χ4v) is 4.34. The third-order valence-electron chi connectivity index (χ3n) is 3.83. The second-order valence-electron chi connectivity index (χ2n) is 4.93. The monoisotopic (exact) mass is 282 g/mol. The number of rotatable bonds is 4. The Morgan fingerprint density at radius 1 is 1.26 bits per heavy atom. The summed E-state index contributed by atoms with van der Waals surface area (Å²) in [6.45, 7) is 3.19. The minimum atomic E-state index is -3.33. The molecule has 0 saturated carbocycles. The first-order valence-electron chi connectivity index (χ1n) is 6.85. The van der Waals surface area contributed by atoms with Gasteiger partial charge in [-0.25, -0.2) is 8.42 Å². The number of benzene rings is 1. The summed E-state index contributed by atoms with van der Waals surface area (Å²) in [6.07, 6.45) is 2.50. The van der Waals surface area contributed by atoms with Gasteiger partial charge in [-0.2, -0.15) is 4.31 Å². The number of hydrogen-bond acceptors (Lipinski definition) is 3. The van der Waals surface area contributed by atoms with Crippen LogP contribution in [0.25, 0.3) is 0 Å². The van der Waals surface area contributed by atoms with Crippen LogP contribution in [0.3, 0.4) is 0 Å². The molecule has 0 amide bonds. The maximum absolute atomic E-state index is 12.7. The number of nitrogens with one attached hydrogen (secondary N) is 1. The molecule has 0 radical (unpaired) electrons. The number of aryl methyl sites for hydroxylation is 1. The largest absolute Gasteiger partial charge is 0.317 e. The molecular formula is C14H22N2O2S. The molecule has 1 aromatic rings. The molecule has 0 aliphatic carbocycles. The molecular weight excluding hydrogens is 260 g/mol. The molecule has 106 valence electrons. The van der Waals surface area contributed by atoms with Gasteiger partial charge in [-0.1, -0.05) is 25.1 Å². The van der Waals surface area contributed by atoms with E-state index in [4.69, 9.17) is 0 Å². The van der Waals surface area contributed by atoms with Crippen molar-refractivity contribution in [2.75, 3.05) is 20.1 Å². The SMILES string of the molecule is CCc1ccccc1S(=O)(=O)N1CCC(NC)CC1. The molecule has 1 aliphatic rings. The second-order valence-corrected chi connectivity index (χ2v) is 6.83. The second kappa shape index (κ2) is 6.03. The minimum absolute atomic E-state index is 0.438. The summed E-state index contributed by atoms with van der Waals surface area (Å²) in [7, 11) is -1.40. The summed E-state index contributed by atoms with van der Waals surface area (Å²) < 4.78 is 27.0. The van der Waals surface area contributed by atoms with Crippen LogP contribution in [0.4, 0.5) is 0 Å². The van der Waals surface area contributed by atoms with E-state index in [0.29, 0.717) is 24.0 Å². The smallest absolute Gasteiger partial charge is 0.243 e. The third kappa shape index (κ3) is 2.99. The number of hydrogen-bond donors (Lipinski definition) is 1. The average Bonchev–Trinajstić information content (AvgIpc) is 2.47. The van der Waals surface area contributed by atoms with Gasteiger partial charge in [0, 0.05) is 19.1 Å². The van der Waals surface area contributed by atoms with Gasteiger partial charge in [0.1, 0.15) is 0 Å². The highest BCUT2D eigenvalue weighted by atomic mass is 32.2. The Balaban J connectivity index is 2.23. The van der Waals surface area contributed by atoms with E-state index in [1.54, 1.807) is 16.4 Å². The molecule has 0 bridgehead atoms. The van der Waals surface area contributed by atoms with E-state index in [0.717, 1.165) is 24.8 Å². The Labute approximate surface area is 115 Å². The van der Waals surface area contributed by atoms with Crippen LogP contribution in [0.1, 0.15) is 25.3 Å². The van der Waals surface area contributed by atoms with Gasteiger partial charge in [-0.15, -0.1) is 0 Å². The molecule has 1 N–H and O–H groups in total. The first-order chi connectivity index (χ1) is 9.09. The number of piperidine rings is 1. The van der Waals surface area contributed by atoms with E-state index >= 15 is 0 Å². The van der Waals surface area contributed by atoms with Crippen LogP contribution in [0.2, 0.25) is 0 Å². The van der Waals surface area contributed by atoms with Crippen LogP contribution < -0.4 is 5.32 Å². The van der Waals surface area contributed by atoms with Gasteiger partial charge in [0.2, 0.25) is 10.0 Å². The molecule has 1 heterocycles. The lowest BCUT2D eigenvalue weighted by molar-refractivity contribution is 0.298. The summed E-state index contributed by atoms with van der Waals surface area (Å²) >= 11 is 0. The Morgan fingerprint density at radius 2 is 1.89 bits per heavy atom. The van der Waals surface area contributed by atoms with E-state index in [-0.39, 0.29) is 0 Å². The van der Waals surface area contributed by atoms with Gasteiger partial charge < -0.3 is 5.32 Å². The van der Waals surface area contributed by atoms with Crippen molar-refractivity contribution >= 4 is 10.0 Å². The fraction of sp³-hybridized carbons (Fsp3) is 0.571. The molecule has 0 aromatic heterocycles. The highest BCUT2D eigenvalue weighted by Crippen LogP contribution is 2.23. The van der Waals surface area contributed by atoms with E-state index < -0.39 is 10.0 Å². The predicted octanol–water partition coefficient (Wildman–Crippen LogP) is 1.62. The fourth-order valence-electron chi connectivity index (χ4n) is 2.57. The van der Waals surface area contributed by atoms with Crippen molar-refractivity contribution in [2.24, 2.45) is 0 Å². The van der Waals surface area contributed by atoms with E-state index in [9.17, 15) is 8.42 Å². The van der Waals surface area contributed by atoms with Crippen molar-refractivity contribution in [1.29, 1.82) is 0 Å². The molecule has 19 heavy (non-hydrogen) atoms. The van der Waals surface area contributed by atoms with E-state index in [1.165, 1.54) is 0 Å². The van der Waals surface area contributed by atoms with Gasteiger partial charge in [0.25, 0.3) is 0 Å². The summed E-state index contributed by atoms with van der Waals surface area (Å²) in [5.74, 6) is 0. The summed E-state index contributed by atoms with van der Waals surface area (Å²) in [4.78, 5) is 0.473. The standard InChI is InChI=1S/C14H22N2O2S/c1-3-12-6-4-5-7-14(12)19(17,18)16-10-8-13(15-2)9-11-16/h4-7,13,15H,3,8-11H2,1-2H3. The van der Waals surface area contributed by atoms with Crippen molar-refractivity contribution in [3.8, 4) is 0 Å². The quantitative estimate of drug-likeness (QED) is 0.913. The zero-order valence-corrected chi connectivity index (χ0v) is 12.4. The van der Waals surface area contributed by atoms with Gasteiger partial charge in [0.05, 0.1) is 4.90 Å². The summed E-state index contributed by atoms with van der Waals surface area (Å²) in [5, 5.41) is 3.22. The summed E-state index contributed by atoms with van der Waals surface area (Å²) in [6, 6.07) is 7.75. The highest BCUT2D eigenvalue weighted by Gasteiger charge is 2.29. The van der Waals surface area contributed by atoms with Crippen molar-refractivity contribution in [3.63, 3.8) is 0 Å². The Hall–Kier alpha value is -0.910. The molecule has 0 atom stereocenters. The third-order valence-corrected chi connectivity index (χ3v) is 5.83. The van der Waals surface area contributed by atoms with Crippen LogP contribution in [-0.2, 0) is 16.4 Å². The topological polar surface area (TPSA) is 49.4 Å². The van der Waals surface area contributed by atoms with Gasteiger partial charge in [-0.3, -0.25) is 0 Å². The predicted molar refractivity (Wildman–Crippen MR) is 76.7 cm³/mol. The van der Waals surface area contributed by atoms with Crippen LogP contribution in [0.5, 0.6) is 0 Å². The van der Waals surface area contributed by atoms with E-state index in [1.807, 2.05) is 26.1 Å². The van der Waals surface area contributed by atoms with Crippen LogP contribution in [0.15, 0.2) is 29.2 Å². The number of sulfonamides is 1. The Morgan fingerprint density at radius 3 is 2.47 bits per heavy atom. The summed E-state index contributed by atoms with van der Waals surface area (Å²) in [5.41, 5.74) is 0.901. The van der Waals surface area contributed by atoms with Gasteiger partial charge in [-0.05, 0) is 37.9 Å². The van der Waals surface area contributed by atoms with Gasteiger partial charge >= 0.3 is 0 Å². The van der Waals surface area contributed by atoms with Crippen LogP contribution in [-0.4, -0.2) is 38.9 Å². The zero-order chi connectivity index (χ0) is 13.9. The first kappa shape index (κ1) is 14.5. The van der Waals surface area contributed by atoms with Crippen molar-refractivity contribution in [2.45, 2.75) is 37.1 Å². The Bertz CT molecular complexity index is 520. The lowest BCUT2D eigenvalue weighted by atomic mass is 10.1. The average molecular weight is 282 g/mol. The van der Waals surface area contributed by atoms with E-state index in [2.05, 4.69) is 5.32 Å². The Kier molecular flexibility index (Phi) is 4.60. The first-order valence-corrected chi connectivity index (χ1v) is 8.29. The lowest BCUT2D eigenvalue weighted by Gasteiger charge is -2.31. The molecule has 4 nitrogen and oxygen atoms in total. The molecule has 0 unspecified atom stereocenters. The molecule has 1 fully saturated rings. The van der Waals surface area contributed by atoms with Gasteiger partial charge in [0.15, 0.2) is 0 Å². The van der Waals surface area contributed by atoms with Crippen molar-refractivity contribution in [1.82, 2.24) is 9.62 Å². The molecule has 1 aliphatic heterocycles. The highest BCUT2D eigenvalue weighted by molar-refractivity contribution is 7.89. The maximum Gasteiger partial charge on any atom is 0.243 e. The molecule has 0 spiro atoms. The van der Waals surface area contributed by atoms with Crippen LogP contribution >= 0.6 is 0 Å². The molecule has 2 rings (SSSR count). The van der Waals surface area contributed by atoms with Crippen molar-refractivity contribution in [3.05, 3.63) is 29.8 Å². The van der Waals surface area contributed by atoms with Crippen LogP contribution in [0, 0.1) is 0 Å². The molecule has 5 heteroatoms. The molecule has 1 aromatic carbocycles. The maximum atomic E-state index is 12.7. The molecule has 1 saturated heterocycles.